The lowest BCUT2D eigenvalue weighted by molar-refractivity contribution is 0.0968. The number of amides is 1. The Hall–Kier alpha value is -2.09. The highest BCUT2D eigenvalue weighted by molar-refractivity contribution is 7.18. The van der Waals surface area contributed by atoms with Gasteiger partial charge in [0, 0.05) is 20.1 Å². The smallest absolute Gasteiger partial charge is 0.263 e. The zero-order valence-corrected chi connectivity index (χ0v) is 11.3. The Morgan fingerprint density at radius 1 is 1.53 bits per heavy atom. The van der Waals surface area contributed by atoms with E-state index in [9.17, 15) is 4.79 Å². The molecule has 3 heterocycles. The number of fused-ring (bicyclic) bond motifs is 1. The Balaban J connectivity index is 1.86. The lowest BCUT2D eigenvalue weighted by Crippen LogP contribution is -2.33. The van der Waals surface area contributed by atoms with Crippen LogP contribution in [0.4, 0.5) is 10.7 Å². The van der Waals surface area contributed by atoms with Gasteiger partial charge in [-0.05, 0) is 6.07 Å². The minimum absolute atomic E-state index is 0.145. The van der Waals surface area contributed by atoms with Gasteiger partial charge in [0.05, 0.1) is 17.2 Å². The van der Waals surface area contributed by atoms with Gasteiger partial charge in [-0.25, -0.2) is 0 Å². The topological polar surface area (TPSA) is 89.1 Å². The molecule has 0 fully saturated rings. The molecule has 19 heavy (non-hydrogen) atoms. The molecule has 0 atom stereocenters. The lowest BCUT2D eigenvalue weighted by Gasteiger charge is -2.27. The van der Waals surface area contributed by atoms with Gasteiger partial charge in [0.25, 0.3) is 5.91 Å². The second kappa shape index (κ2) is 4.54. The molecular weight excluding hydrogens is 264 g/mol. The number of hydrogen-bond acceptors (Lipinski definition) is 6. The van der Waals surface area contributed by atoms with Crippen molar-refractivity contribution in [3.63, 3.8) is 0 Å². The fourth-order valence-corrected chi connectivity index (χ4v) is 3.14. The van der Waals surface area contributed by atoms with E-state index in [1.54, 1.807) is 13.4 Å². The average molecular weight is 278 g/mol. The Labute approximate surface area is 114 Å². The first-order chi connectivity index (χ1) is 9.19. The maximum absolute atomic E-state index is 11.7. The molecule has 3 N–H and O–H groups in total. The van der Waals surface area contributed by atoms with E-state index >= 15 is 0 Å². The number of nitrogens with two attached hydrogens (primary N) is 1. The van der Waals surface area contributed by atoms with Crippen LogP contribution in [0.2, 0.25) is 0 Å². The number of rotatable bonds is 2. The second-order valence-electron chi connectivity index (χ2n) is 4.31. The molecule has 100 valence electrons. The monoisotopic (exact) mass is 278 g/mol. The molecule has 0 spiro atoms. The van der Waals surface area contributed by atoms with Crippen molar-refractivity contribution in [2.24, 2.45) is 0 Å². The van der Waals surface area contributed by atoms with E-state index in [0.717, 1.165) is 23.9 Å². The van der Waals surface area contributed by atoms with E-state index in [1.165, 1.54) is 11.3 Å². The summed E-state index contributed by atoms with van der Waals surface area (Å²) in [5, 5.41) is 11.6. The van der Waals surface area contributed by atoms with Gasteiger partial charge < -0.3 is 20.5 Å². The number of aromatic nitrogens is 3. The molecule has 3 rings (SSSR count). The van der Waals surface area contributed by atoms with E-state index in [-0.39, 0.29) is 5.91 Å². The van der Waals surface area contributed by atoms with Gasteiger partial charge in [-0.2, -0.15) is 0 Å². The summed E-state index contributed by atoms with van der Waals surface area (Å²) in [6.07, 6.45) is 1.74. The predicted octanol–water partition coefficient (Wildman–Crippen LogP) is 0.302. The molecule has 0 aliphatic carbocycles. The van der Waals surface area contributed by atoms with Crippen LogP contribution in [0.3, 0.4) is 0 Å². The van der Waals surface area contributed by atoms with Gasteiger partial charge in [0.1, 0.15) is 11.2 Å². The Morgan fingerprint density at radius 3 is 3.16 bits per heavy atom. The van der Waals surface area contributed by atoms with Crippen LogP contribution < -0.4 is 16.0 Å². The summed E-state index contributed by atoms with van der Waals surface area (Å²) in [6, 6.07) is 1.85. The number of nitrogen functional groups attached to an aromatic ring is 1. The van der Waals surface area contributed by atoms with Crippen molar-refractivity contribution in [1.82, 2.24) is 20.1 Å². The van der Waals surface area contributed by atoms with E-state index in [0.29, 0.717) is 17.1 Å². The maximum atomic E-state index is 11.7. The van der Waals surface area contributed by atoms with Crippen molar-refractivity contribution in [3.05, 3.63) is 23.1 Å². The molecule has 1 aliphatic rings. The summed E-state index contributed by atoms with van der Waals surface area (Å²) in [6.45, 7) is 2.39. The predicted molar refractivity (Wildman–Crippen MR) is 73.2 cm³/mol. The van der Waals surface area contributed by atoms with Crippen molar-refractivity contribution < 1.29 is 4.79 Å². The van der Waals surface area contributed by atoms with Gasteiger partial charge in [-0.1, -0.05) is 0 Å². The van der Waals surface area contributed by atoms with Crippen molar-refractivity contribution in [3.8, 4) is 0 Å². The minimum atomic E-state index is -0.145. The first kappa shape index (κ1) is 12.0. The molecular formula is C11H14N6OS. The van der Waals surface area contributed by atoms with Crippen molar-refractivity contribution in [2.45, 2.75) is 13.1 Å². The number of hydrogen-bond donors (Lipinski definition) is 2. The molecule has 2 aromatic heterocycles. The zero-order chi connectivity index (χ0) is 13.4. The fraction of sp³-hybridized carbons (Fsp3) is 0.364. The first-order valence-electron chi connectivity index (χ1n) is 5.92. The number of carbonyl (C=O) groups is 1. The van der Waals surface area contributed by atoms with Crippen LogP contribution in [-0.4, -0.2) is 34.3 Å². The van der Waals surface area contributed by atoms with Gasteiger partial charge >= 0.3 is 0 Å². The van der Waals surface area contributed by atoms with Crippen LogP contribution in [0.1, 0.15) is 15.5 Å². The van der Waals surface area contributed by atoms with E-state index in [1.807, 2.05) is 10.6 Å². The third-order valence-electron chi connectivity index (χ3n) is 3.13. The molecule has 0 radical (unpaired) electrons. The molecule has 1 aliphatic heterocycles. The third kappa shape index (κ3) is 2.03. The van der Waals surface area contributed by atoms with Gasteiger partial charge in [-0.15, -0.1) is 21.5 Å². The fourth-order valence-electron chi connectivity index (χ4n) is 2.09. The summed E-state index contributed by atoms with van der Waals surface area (Å²) in [5.41, 5.74) is 6.41. The summed E-state index contributed by atoms with van der Waals surface area (Å²) in [7, 11) is 1.60. The van der Waals surface area contributed by atoms with Gasteiger partial charge in [0.15, 0.2) is 5.82 Å². The van der Waals surface area contributed by atoms with E-state index < -0.39 is 0 Å². The Bertz CT molecular complexity index is 618. The summed E-state index contributed by atoms with van der Waals surface area (Å²) >= 11 is 1.41. The van der Waals surface area contributed by atoms with Gasteiger partial charge in [-0.3, -0.25) is 4.79 Å². The standard InChI is InChI=1S/C11H14N6OS/c1-13-11(18)10-7(12)4-9(19-10)16-2-3-17-6-14-15-8(17)5-16/h4,6H,2-3,5,12H2,1H3,(H,13,18). The van der Waals surface area contributed by atoms with Crippen LogP contribution >= 0.6 is 11.3 Å². The maximum Gasteiger partial charge on any atom is 0.263 e. The highest BCUT2D eigenvalue weighted by Crippen LogP contribution is 2.33. The Morgan fingerprint density at radius 2 is 2.37 bits per heavy atom. The van der Waals surface area contributed by atoms with Crippen LogP contribution in [0.15, 0.2) is 12.4 Å². The number of anilines is 2. The number of nitrogens with zero attached hydrogens (tertiary/aromatic N) is 4. The van der Waals surface area contributed by atoms with Gasteiger partial charge in [0.2, 0.25) is 0 Å². The summed E-state index contributed by atoms with van der Waals surface area (Å²) in [4.78, 5) is 14.4. The van der Waals surface area contributed by atoms with Crippen molar-refractivity contribution >= 4 is 27.9 Å². The molecule has 7 nitrogen and oxygen atoms in total. The summed E-state index contributed by atoms with van der Waals surface area (Å²) < 4.78 is 2.03. The molecule has 8 heteroatoms. The molecule has 0 bridgehead atoms. The van der Waals surface area contributed by atoms with Crippen LogP contribution in [0.25, 0.3) is 0 Å². The molecule has 0 aromatic carbocycles. The molecule has 0 unspecified atom stereocenters. The molecule has 0 saturated heterocycles. The number of thiophene rings is 1. The van der Waals surface area contributed by atoms with Crippen molar-refractivity contribution in [1.29, 1.82) is 0 Å². The van der Waals surface area contributed by atoms with Crippen molar-refractivity contribution in [2.75, 3.05) is 24.2 Å². The second-order valence-corrected chi connectivity index (χ2v) is 5.34. The highest BCUT2D eigenvalue weighted by atomic mass is 32.1. The largest absolute Gasteiger partial charge is 0.397 e. The molecule has 2 aromatic rings. The van der Waals surface area contributed by atoms with Crippen LogP contribution in [0, 0.1) is 0 Å². The zero-order valence-electron chi connectivity index (χ0n) is 10.5. The van der Waals surface area contributed by atoms with Crippen LogP contribution in [0.5, 0.6) is 0 Å². The van der Waals surface area contributed by atoms with E-state index in [2.05, 4.69) is 20.4 Å². The SMILES string of the molecule is CNC(=O)c1sc(N2CCn3cnnc3C2)cc1N. The quantitative estimate of drug-likeness (QED) is 0.825. The normalized spacial score (nSPS) is 14.3. The Kier molecular flexibility index (Phi) is 2.86. The lowest BCUT2D eigenvalue weighted by atomic mass is 10.3. The highest BCUT2D eigenvalue weighted by Gasteiger charge is 2.21. The molecule has 1 amide bonds. The molecule has 0 saturated carbocycles. The number of nitrogens with one attached hydrogen (secondary N) is 1. The minimum Gasteiger partial charge on any atom is -0.397 e. The first-order valence-corrected chi connectivity index (χ1v) is 6.73. The van der Waals surface area contributed by atoms with E-state index in [4.69, 9.17) is 5.73 Å². The number of carbonyl (C=O) groups excluding carboxylic acids is 1. The average Bonchev–Trinajstić information content (AvgIpc) is 3.03. The third-order valence-corrected chi connectivity index (χ3v) is 4.34. The summed E-state index contributed by atoms with van der Waals surface area (Å²) in [5.74, 6) is 0.786. The van der Waals surface area contributed by atoms with Crippen LogP contribution in [-0.2, 0) is 13.1 Å².